The molecular formula is C17H20N2O. The fraction of sp³-hybridized carbons (Fsp3) is 0.294. The molecule has 0 saturated carbocycles. The molecule has 20 heavy (non-hydrogen) atoms. The molecule has 0 fully saturated rings. The molecule has 1 heterocycles. The second-order valence-electron chi connectivity index (χ2n) is 5.18. The Labute approximate surface area is 120 Å². The van der Waals surface area contributed by atoms with Crippen LogP contribution < -0.4 is 5.32 Å². The van der Waals surface area contributed by atoms with Crippen LogP contribution in [0.2, 0.25) is 0 Å². The maximum absolute atomic E-state index is 12.0. The zero-order valence-electron chi connectivity index (χ0n) is 12.2. The van der Waals surface area contributed by atoms with E-state index in [4.69, 9.17) is 0 Å². The van der Waals surface area contributed by atoms with Crippen LogP contribution in [-0.4, -0.2) is 10.9 Å². The third-order valence-electron chi connectivity index (χ3n) is 3.33. The molecule has 0 aliphatic heterocycles. The smallest absolute Gasteiger partial charge is 0.224 e. The number of aromatic nitrogens is 1. The SMILES string of the molecule is Cc1cc(C)c(NC(=O)CCc2ccncc2)c(C)c1. The van der Waals surface area contributed by atoms with Crippen LogP contribution >= 0.6 is 0 Å². The Morgan fingerprint density at radius 1 is 1.10 bits per heavy atom. The number of carbonyl (C=O) groups is 1. The molecule has 1 aromatic carbocycles. The molecule has 2 aromatic rings. The summed E-state index contributed by atoms with van der Waals surface area (Å²) >= 11 is 0. The summed E-state index contributed by atoms with van der Waals surface area (Å²) in [6, 6.07) is 8.06. The van der Waals surface area contributed by atoms with Gasteiger partial charge in [0.1, 0.15) is 0 Å². The minimum Gasteiger partial charge on any atom is -0.326 e. The van der Waals surface area contributed by atoms with E-state index in [-0.39, 0.29) is 5.91 Å². The Hall–Kier alpha value is -2.16. The molecule has 104 valence electrons. The number of pyridine rings is 1. The van der Waals surface area contributed by atoms with Gasteiger partial charge in [0, 0.05) is 24.5 Å². The minimum absolute atomic E-state index is 0.0527. The van der Waals surface area contributed by atoms with Crippen LogP contribution in [0.5, 0.6) is 0 Å². The number of carbonyl (C=O) groups excluding carboxylic acids is 1. The molecule has 0 spiro atoms. The van der Waals surface area contributed by atoms with Crippen molar-refractivity contribution in [2.45, 2.75) is 33.6 Å². The molecule has 0 aliphatic carbocycles. The predicted molar refractivity (Wildman–Crippen MR) is 81.8 cm³/mol. The van der Waals surface area contributed by atoms with Crippen molar-refractivity contribution in [3.8, 4) is 0 Å². The number of amides is 1. The van der Waals surface area contributed by atoms with E-state index in [1.165, 1.54) is 5.56 Å². The first-order chi connectivity index (χ1) is 9.56. The van der Waals surface area contributed by atoms with Gasteiger partial charge in [-0.1, -0.05) is 17.7 Å². The van der Waals surface area contributed by atoms with Gasteiger partial charge in [-0.2, -0.15) is 0 Å². The third kappa shape index (κ3) is 3.67. The molecule has 2 rings (SSSR count). The zero-order valence-corrected chi connectivity index (χ0v) is 12.2. The molecule has 1 N–H and O–H groups in total. The van der Waals surface area contributed by atoms with E-state index in [9.17, 15) is 4.79 Å². The number of benzene rings is 1. The molecule has 0 aliphatic rings. The van der Waals surface area contributed by atoms with E-state index >= 15 is 0 Å². The van der Waals surface area contributed by atoms with Gasteiger partial charge in [0.05, 0.1) is 0 Å². The average Bonchev–Trinajstić information content (AvgIpc) is 2.42. The standard InChI is InChI=1S/C17H20N2O/c1-12-10-13(2)17(14(3)11-12)19-16(20)5-4-15-6-8-18-9-7-15/h6-11H,4-5H2,1-3H3,(H,19,20). The van der Waals surface area contributed by atoms with Gasteiger partial charge >= 0.3 is 0 Å². The Morgan fingerprint density at radius 3 is 2.30 bits per heavy atom. The summed E-state index contributed by atoms with van der Waals surface area (Å²) in [5.74, 6) is 0.0527. The molecule has 0 saturated heterocycles. The lowest BCUT2D eigenvalue weighted by molar-refractivity contribution is -0.116. The molecule has 0 bridgehead atoms. The van der Waals surface area contributed by atoms with Gasteiger partial charge in [-0.25, -0.2) is 0 Å². The Morgan fingerprint density at radius 2 is 1.70 bits per heavy atom. The van der Waals surface area contributed by atoms with E-state index in [0.29, 0.717) is 6.42 Å². The van der Waals surface area contributed by atoms with E-state index in [1.54, 1.807) is 12.4 Å². The summed E-state index contributed by atoms with van der Waals surface area (Å²) in [4.78, 5) is 16.0. The van der Waals surface area contributed by atoms with Crippen LogP contribution in [0.1, 0.15) is 28.7 Å². The highest BCUT2D eigenvalue weighted by Crippen LogP contribution is 2.22. The topological polar surface area (TPSA) is 42.0 Å². The second kappa shape index (κ2) is 6.33. The van der Waals surface area contributed by atoms with E-state index in [2.05, 4.69) is 29.4 Å². The van der Waals surface area contributed by atoms with Gasteiger partial charge in [0.15, 0.2) is 0 Å². The van der Waals surface area contributed by atoms with Crippen LogP contribution in [0.3, 0.4) is 0 Å². The number of rotatable bonds is 4. The molecule has 3 heteroatoms. The lowest BCUT2D eigenvalue weighted by Crippen LogP contribution is -2.14. The first-order valence-electron chi connectivity index (χ1n) is 6.83. The van der Waals surface area contributed by atoms with E-state index < -0.39 is 0 Å². The molecular weight excluding hydrogens is 248 g/mol. The molecule has 0 unspecified atom stereocenters. The van der Waals surface area contributed by atoms with Crippen LogP contribution in [0.15, 0.2) is 36.7 Å². The summed E-state index contributed by atoms with van der Waals surface area (Å²) in [5.41, 5.74) is 5.51. The van der Waals surface area contributed by atoms with Crippen LogP contribution in [0.4, 0.5) is 5.69 Å². The maximum Gasteiger partial charge on any atom is 0.224 e. The van der Waals surface area contributed by atoms with E-state index in [1.807, 2.05) is 26.0 Å². The average molecular weight is 268 g/mol. The summed E-state index contributed by atoms with van der Waals surface area (Å²) in [6.07, 6.45) is 4.72. The molecule has 1 amide bonds. The monoisotopic (exact) mass is 268 g/mol. The maximum atomic E-state index is 12.0. The molecule has 1 aromatic heterocycles. The number of nitrogens with zero attached hydrogens (tertiary/aromatic N) is 1. The lowest BCUT2D eigenvalue weighted by Gasteiger charge is -2.12. The van der Waals surface area contributed by atoms with Crippen molar-refractivity contribution in [1.29, 1.82) is 0 Å². The van der Waals surface area contributed by atoms with Gasteiger partial charge in [0.2, 0.25) is 5.91 Å². The Bertz CT molecular complexity index is 583. The fourth-order valence-corrected chi connectivity index (χ4v) is 2.39. The fourth-order valence-electron chi connectivity index (χ4n) is 2.39. The number of anilines is 1. The summed E-state index contributed by atoms with van der Waals surface area (Å²) < 4.78 is 0. The van der Waals surface area contributed by atoms with Gasteiger partial charge in [0.25, 0.3) is 0 Å². The predicted octanol–water partition coefficient (Wildman–Crippen LogP) is 3.58. The quantitative estimate of drug-likeness (QED) is 0.921. The van der Waals surface area contributed by atoms with Gasteiger partial charge < -0.3 is 5.32 Å². The Kier molecular flexibility index (Phi) is 4.51. The second-order valence-corrected chi connectivity index (χ2v) is 5.18. The minimum atomic E-state index is 0.0527. The van der Waals surface area contributed by atoms with Crippen molar-refractivity contribution >= 4 is 11.6 Å². The first-order valence-corrected chi connectivity index (χ1v) is 6.83. The zero-order chi connectivity index (χ0) is 14.5. The highest BCUT2D eigenvalue weighted by atomic mass is 16.1. The number of hydrogen-bond acceptors (Lipinski definition) is 2. The number of aryl methyl sites for hydroxylation is 4. The summed E-state index contributed by atoms with van der Waals surface area (Å²) in [7, 11) is 0. The van der Waals surface area contributed by atoms with Crippen molar-refractivity contribution in [3.05, 3.63) is 58.9 Å². The van der Waals surface area contributed by atoms with Crippen molar-refractivity contribution in [2.75, 3.05) is 5.32 Å². The lowest BCUT2D eigenvalue weighted by atomic mass is 10.0. The Balaban J connectivity index is 1.98. The molecule has 0 radical (unpaired) electrons. The van der Waals surface area contributed by atoms with Crippen molar-refractivity contribution < 1.29 is 4.79 Å². The van der Waals surface area contributed by atoms with Gasteiger partial charge in [-0.3, -0.25) is 9.78 Å². The van der Waals surface area contributed by atoms with Crippen molar-refractivity contribution in [2.24, 2.45) is 0 Å². The first kappa shape index (κ1) is 14.3. The van der Waals surface area contributed by atoms with Crippen LogP contribution in [0, 0.1) is 20.8 Å². The summed E-state index contributed by atoms with van der Waals surface area (Å²) in [5, 5.41) is 3.02. The third-order valence-corrected chi connectivity index (χ3v) is 3.33. The normalized spacial score (nSPS) is 10.3. The van der Waals surface area contributed by atoms with Crippen LogP contribution in [-0.2, 0) is 11.2 Å². The number of hydrogen-bond donors (Lipinski definition) is 1. The molecule has 0 atom stereocenters. The number of nitrogens with one attached hydrogen (secondary N) is 1. The summed E-state index contributed by atoms with van der Waals surface area (Å²) in [6.45, 7) is 6.12. The van der Waals surface area contributed by atoms with Crippen LogP contribution in [0.25, 0.3) is 0 Å². The largest absolute Gasteiger partial charge is 0.326 e. The van der Waals surface area contributed by atoms with Crippen molar-refractivity contribution in [1.82, 2.24) is 4.98 Å². The van der Waals surface area contributed by atoms with Gasteiger partial charge in [-0.15, -0.1) is 0 Å². The van der Waals surface area contributed by atoms with Crippen molar-refractivity contribution in [3.63, 3.8) is 0 Å². The highest BCUT2D eigenvalue weighted by Gasteiger charge is 2.08. The highest BCUT2D eigenvalue weighted by molar-refractivity contribution is 5.92. The van der Waals surface area contributed by atoms with Gasteiger partial charge in [-0.05, 0) is 56.0 Å². The molecule has 3 nitrogen and oxygen atoms in total. The van der Waals surface area contributed by atoms with E-state index in [0.717, 1.165) is 28.8 Å².